The predicted molar refractivity (Wildman–Crippen MR) is 170 cm³/mol. The van der Waals surface area contributed by atoms with Crippen molar-refractivity contribution in [1.82, 2.24) is 29.3 Å². The Morgan fingerprint density at radius 3 is 1.75 bits per heavy atom. The molecule has 0 radical (unpaired) electrons. The van der Waals surface area contributed by atoms with Crippen molar-refractivity contribution in [3.63, 3.8) is 0 Å². The van der Waals surface area contributed by atoms with E-state index in [0.29, 0.717) is 18.9 Å². The molecule has 0 spiro atoms. The molecule has 0 fully saturated rings. The molecule has 4 rings (SSSR count). The topological polar surface area (TPSA) is 85.1 Å². The smallest absolute Gasteiger partial charge is 0.130 e. The molecule has 2 aliphatic heterocycles. The van der Waals surface area contributed by atoms with Crippen molar-refractivity contribution in [3.05, 3.63) is 35.4 Å². The fourth-order valence-corrected chi connectivity index (χ4v) is 5.18. The number of nitrogens with one attached hydrogen (secondary N) is 1. The summed E-state index contributed by atoms with van der Waals surface area (Å²) in [4.78, 5) is 34.2. The minimum Gasteiger partial charge on any atom is -0.329 e. The van der Waals surface area contributed by atoms with E-state index in [1.54, 1.807) is 13.8 Å². The van der Waals surface area contributed by atoms with Crippen LogP contribution in [0.15, 0.2) is 12.4 Å². The van der Waals surface area contributed by atoms with Crippen LogP contribution in [0.3, 0.4) is 0 Å². The molecule has 2 atom stereocenters. The maximum atomic E-state index is 11.4. The second-order valence-corrected chi connectivity index (χ2v) is 12.0. The minimum absolute atomic E-state index is 0. The molecule has 0 amide bonds. The lowest BCUT2D eigenvalue weighted by Gasteiger charge is -2.32. The number of nitrogens with zero attached hydrogens (tertiary/aromatic N) is 5. The minimum atomic E-state index is 0. The summed E-state index contributed by atoms with van der Waals surface area (Å²) in [6.07, 6.45) is 7.10. The summed E-state index contributed by atoms with van der Waals surface area (Å²) < 4.78 is 4.60. The summed E-state index contributed by atoms with van der Waals surface area (Å²) in [5, 5.41) is 3.32. The molecule has 0 aliphatic carbocycles. The van der Waals surface area contributed by atoms with Crippen molar-refractivity contribution in [2.75, 3.05) is 13.1 Å². The Morgan fingerprint density at radius 2 is 1.30 bits per heavy atom. The number of hydrogen-bond donors (Lipinski definition) is 1. The second-order valence-electron chi connectivity index (χ2n) is 12.0. The average Bonchev–Trinajstić information content (AvgIpc) is 3.50. The largest absolute Gasteiger partial charge is 0.329 e. The molecule has 4 heterocycles. The molecule has 8 nitrogen and oxygen atoms in total. The van der Waals surface area contributed by atoms with Crippen molar-refractivity contribution >= 4 is 20.0 Å². The number of fused-ring (bicyclic) bond motifs is 2. The van der Waals surface area contributed by atoms with E-state index in [-0.39, 0.29) is 31.8 Å². The zero-order valence-electron chi connectivity index (χ0n) is 26.1. The number of ketones is 2. The van der Waals surface area contributed by atoms with E-state index in [1.165, 1.54) is 11.4 Å². The van der Waals surface area contributed by atoms with E-state index in [9.17, 15) is 9.59 Å². The molecule has 0 saturated carbocycles. The van der Waals surface area contributed by atoms with Crippen LogP contribution in [0, 0.1) is 5.92 Å². The van der Waals surface area contributed by atoms with Gasteiger partial charge >= 0.3 is 0 Å². The number of Topliss-reactive ketones (excluding diaryl/α,β-unsaturated/α-hetero) is 2. The van der Waals surface area contributed by atoms with E-state index < -0.39 is 0 Å². The Morgan fingerprint density at radius 1 is 0.825 bits per heavy atom. The van der Waals surface area contributed by atoms with Crippen LogP contribution in [0.2, 0.25) is 0 Å². The van der Waals surface area contributed by atoms with Crippen molar-refractivity contribution in [3.8, 4) is 0 Å². The first kappa shape index (κ1) is 35.8. The third kappa shape index (κ3) is 10.6. The first-order valence-electron chi connectivity index (χ1n) is 15.0. The third-order valence-corrected chi connectivity index (χ3v) is 7.25. The monoisotopic (exact) mass is 557 g/mol. The van der Waals surface area contributed by atoms with E-state index in [4.69, 9.17) is 0 Å². The molecule has 0 saturated heterocycles. The van der Waals surface area contributed by atoms with Gasteiger partial charge in [-0.1, -0.05) is 43.0 Å². The van der Waals surface area contributed by atoms with Crippen LogP contribution in [-0.2, 0) is 35.8 Å². The van der Waals surface area contributed by atoms with Crippen LogP contribution >= 0.6 is 0 Å². The zero-order valence-corrected chi connectivity index (χ0v) is 26.1. The quantitative estimate of drug-likeness (QED) is 0.464. The van der Waals surface area contributed by atoms with Gasteiger partial charge in [0, 0.05) is 82.4 Å². The number of carbonyl (C=O) groups is 2. The molecule has 1 N–H and O–H groups in total. The third-order valence-electron chi connectivity index (χ3n) is 7.25. The van der Waals surface area contributed by atoms with Gasteiger partial charge in [-0.15, -0.1) is 0 Å². The molecular formula is C31H58BN6O2-. The Labute approximate surface area is 245 Å². The van der Waals surface area contributed by atoms with Gasteiger partial charge in [-0.25, -0.2) is 9.97 Å². The van der Waals surface area contributed by atoms with Crippen LogP contribution in [-0.4, -0.2) is 63.1 Å². The molecule has 0 aromatic carbocycles. The molecule has 40 heavy (non-hydrogen) atoms. The normalized spacial score (nSPS) is 16.0. The van der Waals surface area contributed by atoms with Gasteiger partial charge in [-0.2, -0.15) is 0 Å². The maximum absolute atomic E-state index is 11.4. The molecule has 228 valence electrons. The summed E-state index contributed by atoms with van der Waals surface area (Å²) in [7, 11) is 0. The number of hydrogen-bond acceptors (Lipinski definition) is 6. The van der Waals surface area contributed by atoms with Gasteiger partial charge in [0.2, 0.25) is 0 Å². The highest BCUT2D eigenvalue weighted by Crippen LogP contribution is 2.27. The summed E-state index contributed by atoms with van der Waals surface area (Å²) >= 11 is 0. The highest BCUT2D eigenvalue weighted by atomic mass is 16.1. The van der Waals surface area contributed by atoms with Crippen molar-refractivity contribution in [2.24, 2.45) is 5.92 Å². The first-order chi connectivity index (χ1) is 18.5. The standard InChI is InChI=1S/C15H25N3O.C12H19N3O.C4H10.BH4/c1-5-13(8-12(4)19)15-16-9-14-10-17(11(2)3)6-7-18(14)15;1-3-10(6-9(2)16)12-14-8-11-7-13-4-5-15(11)12;1-4(2)3;/h9,11,13H,5-8,10H2,1-4H3;8,10,13H,3-7H2,1-2H3;4H,1-3H3;1H4/q;;;-1. The molecule has 2 unspecified atom stereocenters. The van der Waals surface area contributed by atoms with Crippen molar-refractivity contribution in [2.45, 2.75) is 132 Å². The predicted octanol–water partition coefficient (Wildman–Crippen LogP) is 4.25. The van der Waals surface area contributed by atoms with Crippen molar-refractivity contribution < 1.29 is 9.59 Å². The Kier molecular flexibility index (Phi) is 15.7. The molecule has 2 aromatic heterocycles. The number of imidazole rings is 2. The lowest BCUT2D eigenvalue weighted by molar-refractivity contribution is -0.118. The highest BCUT2D eigenvalue weighted by molar-refractivity contribution is 5.76. The van der Waals surface area contributed by atoms with Crippen LogP contribution in [0.25, 0.3) is 0 Å². The highest BCUT2D eigenvalue weighted by Gasteiger charge is 2.25. The average molecular weight is 558 g/mol. The van der Waals surface area contributed by atoms with E-state index in [0.717, 1.165) is 69.7 Å². The van der Waals surface area contributed by atoms with Crippen LogP contribution in [0.5, 0.6) is 0 Å². The summed E-state index contributed by atoms with van der Waals surface area (Å²) in [5.41, 5.74) is 2.53. The van der Waals surface area contributed by atoms with Gasteiger partial charge in [0.1, 0.15) is 23.2 Å². The molecule has 2 aliphatic rings. The van der Waals surface area contributed by atoms with Gasteiger partial charge in [0.05, 0.1) is 11.4 Å². The number of carbonyl (C=O) groups excluding carboxylic acids is 2. The fourth-order valence-electron chi connectivity index (χ4n) is 5.18. The summed E-state index contributed by atoms with van der Waals surface area (Å²) in [6.45, 7) is 24.5. The maximum Gasteiger partial charge on any atom is 0.130 e. The lowest BCUT2D eigenvalue weighted by Crippen LogP contribution is -2.38. The Hall–Kier alpha value is -2.26. The van der Waals surface area contributed by atoms with E-state index in [2.05, 4.69) is 77.8 Å². The van der Waals surface area contributed by atoms with Gasteiger partial charge < -0.3 is 24.0 Å². The molecule has 0 bridgehead atoms. The number of aromatic nitrogens is 4. The molecule has 2 aromatic rings. The van der Waals surface area contributed by atoms with Crippen LogP contribution < -0.4 is 5.32 Å². The first-order valence-corrected chi connectivity index (χ1v) is 15.0. The van der Waals surface area contributed by atoms with Crippen LogP contribution in [0.4, 0.5) is 0 Å². The van der Waals surface area contributed by atoms with Crippen molar-refractivity contribution in [1.29, 1.82) is 0 Å². The SMILES string of the molecule is CC(C)C.CCC(CC(C)=O)c1ncc2n1CCN(C(C)C)C2.CCC(CC(C)=O)c1ncc2n1CCNC2.[BH4-]. The Bertz CT molecular complexity index is 1040. The summed E-state index contributed by atoms with van der Waals surface area (Å²) in [6, 6.07) is 0.575. The van der Waals surface area contributed by atoms with Crippen LogP contribution in [0.1, 0.15) is 123 Å². The summed E-state index contributed by atoms with van der Waals surface area (Å²) in [5.74, 6) is 4.09. The van der Waals surface area contributed by atoms with E-state index >= 15 is 0 Å². The number of rotatable bonds is 9. The van der Waals surface area contributed by atoms with Gasteiger partial charge in [0.25, 0.3) is 0 Å². The second kappa shape index (κ2) is 17.5. The van der Waals surface area contributed by atoms with Gasteiger partial charge in [-0.05, 0) is 46.5 Å². The molecular weight excluding hydrogens is 499 g/mol. The molecule has 9 heteroatoms. The van der Waals surface area contributed by atoms with Gasteiger partial charge in [0.15, 0.2) is 0 Å². The fraction of sp³-hybridized carbons (Fsp3) is 0.742. The lowest BCUT2D eigenvalue weighted by atomic mass is 9.99. The van der Waals surface area contributed by atoms with Gasteiger partial charge in [-0.3, -0.25) is 4.90 Å². The van der Waals surface area contributed by atoms with E-state index in [1.807, 2.05) is 12.4 Å². The Balaban J connectivity index is 0.000000349. The zero-order chi connectivity index (χ0) is 29.1.